The first-order valence-electron chi connectivity index (χ1n) is 7.41. The molecule has 130 valence electrons. The van der Waals surface area contributed by atoms with Crippen molar-refractivity contribution < 1.29 is 13.2 Å². The smallest absolute Gasteiger partial charge is 0.251 e. The topological polar surface area (TPSA) is 92.6 Å². The molecule has 1 aromatic carbocycles. The molecule has 0 spiro atoms. The Balaban J connectivity index is 1.56. The molecule has 7 nitrogen and oxygen atoms in total. The highest BCUT2D eigenvalue weighted by Crippen LogP contribution is 2.13. The van der Waals surface area contributed by atoms with Crippen molar-refractivity contribution in [2.45, 2.75) is 0 Å². The monoisotopic (exact) mass is 470 g/mol. The van der Waals surface area contributed by atoms with Gasteiger partial charge in [0.05, 0.1) is 17.0 Å². The normalized spacial score (nSPS) is 11.4. The molecule has 25 heavy (non-hydrogen) atoms. The lowest BCUT2D eigenvalue weighted by molar-refractivity contribution is 0.0956. The molecule has 9 heteroatoms. The molecular formula is C16H15IN4O3S. The highest BCUT2D eigenvalue weighted by Gasteiger charge is 2.12. The van der Waals surface area contributed by atoms with E-state index in [1.165, 1.54) is 0 Å². The summed E-state index contributed by atoms with van der Waals surface area (Å²) in [6, 6.07) is 12.1. The molecule has 0 bridgehead atoms. The van der Waals surface area contributed by atoms with Gasteiger partial charge in [-0.05, 0) is 65.1 Å². The van der Waals surface area contributed by atoms with E-state index in [1.54, 1.807) is 47.2 Å². The first kappa shape index (κ1) is 17.7. The van der Waals surface area contributed by atoms with Crippen LogP contribution in [0.4, 0.5) is 5.69 Å². The van der Waals surface area contributed by atoms with Gasteiger partial charge in [0, 0.05) is 28.1 Å². The van der Waals surface area contributed by atoms with Gasteiger partial charge in [-0.3, -0.25) is 9.52 Å². The van der Waals surface area contributed by atoms with Crippen molar-refractivity contribution in [3.05, 3.63) is 64.0 Å². The van der Waals surface area contributed by atoms with Crippen LogP contribution in [0, 0.1) is 3.57 Å². The summed E-state index contributed by atoms with van der Waals surface area (Å²) >= 11 is 2.15. The van der Waals surface area contributed by atoms with E-state index in [1.807, 2.05) is 12.1 Å². The quantitative estimate of drug-likeness (QED) is 0.540. The predicted octanol–water partition coefficient (Wildman–Crippen LogP) is 2.11. The van der Waals surface area contributed by atoms with Crippen LogP contribution >= 0.6 is 22.6 Å². The number of nitrogens with one attached hydrogen (secondary N) is 2. The molecule has 0 aliphatic heterocycles. The summed E-state index contributed by atoms with van der Waals surface area (Å²) in [7, 11) is -3.57. The van der Waals surface area contributed by atoms with Gasteiger partial charge < -0.3 is 5.32 Å². The Morgan fingerprint density at radius 3 is 2.68 bits per heavy atom. The van der Waals surface area contributed by atoms with Crippen molar-refractivity contribution in [2.75, 3.05) is 17.0 Å². The van der Waals surface area contributed by atoms with Crippen LogP contribution in [0.1, 0.15) is 10.4 Å². The number of anilines is 1. The fraction of sp³-hybridized carbons (Fsp3) is 0.125. The Kier molecular flexibility index (Phi) is 5.23. The zero-order valence-electron chi connectivity index (χ0n) is 13.0. The molecule has 0 saturated carbocycles. The van der Waals surface area contributed by atoms with E-state index in [4.69, 9.17) is 0 Å². The van der Waals surface area contributed by atoms with E-state index >= 15 is 0 Å². The maximum atomic E-state index is 12.2. The van der Waals surface area contributed by atoms with E-state index in [0.29, 0.717) is 11.3 Å². The van der Waals surface area contributed by atoms with E-state index in [9.17, 15) is 13.2 Å². The minimum Gasteiger partial charge on any atom is -0.351 e. The molecule has 2 aromatic heterocycles. The molecule has 0 fully saturated rings. The number of sulfonamides is 1. The zero-order chi connectivity index (χ0) is 17.9. The average molecular weight is 470 g/mol. The van der Waals surface area contributed by atoms with Crippen LogP contribution in [0.15, 0.2) is 54.9 Å². The van der Waals surface area contributed by atoms with Crippen molar-refractivity contribution in [2.24, 2.45) is 0 Å². The molecule has 0 atom stereocenters. The number of carbonyl (C=O) groups excluding carboxylic acids is 1. The van der Waals surface area contributed by atoms with Gasteiger partial charge in [-0.1, -0.05) is 0 Å². The number of nitrogens with zero attached hydrogens (tertiary/aromatic N) is 2. The molecule has 2 N–H and O–H groups in total. The third-order valence-corrected chi connectivity index (χ3v) is 5.44. The fourth-order valence-corrected chi connectivity index (χ4v) is 3.54. The number of halogens is 1. The highest BCUT2D eigenvalue weighted by molar-refractivity contribution is 14.1. The van der Waals surface area contributed by atoms with Crippen LogP contribution < -0.4 is 10.0 Å². The lowest BCUT2D eigenvalue weighted by Gasteiger charge is -2.09. The third-order valence-electron chi connectivity index (χ3n) is 3.44. The maximum Gasteiger partial charge on any atom is 0.251 e. The average Bonchev–Trinajstić information content (AvgIpc) is 3.02. The Hall–Kier alpha value is -2.14. The lowest BCUT2D eigenvalue weighted by Crippen LogP contribution is -2.31. The molecule has 2 heterocycles. The molecule has 0 saturated heterocycles. The Labute approximate surface area is 158 Å². The molecular weight excluding hydrogens is 455 g/mol. The van der Waals surface area contributed by atoms with E-state index < -0.39 is 10.0 Å². The number of carbonyl (C=O) groups is 1. The molecule has 0 aliphatic rings. The first-order valence-corrected chi connectivity index (χ1v) is 10.1. The summed E-state index contributed by atoms with van der Waals surface area (Å²) in [6.45, 7) is 0.0229. The summed E-state index contributed by atoms with van der Waals surface area (Å²) in [6.07, 6.45) is 3.31. The van der Waals surface area contributed by atoms with Crippen molar-refractivity contribution in [1.29, 1.82) is 0 Å². The number of aromatic nitrogens is 2. The number of pyridine rings is 1. The van der Waals surface area contributed by atoms with Gasteiger partial charge in [0.2, 0.25) is 10.0 Å². The predicted molar refractivity (Wildman–Crippen MR) is 104 cm³/mol. The van der Waals surface area contributed by atoms with Crippen LogP contribution in [0.3, 0.4) is 0 Å². The fourth-order valence-electron chi connectivity index (χ4n) is 2.22. The van der Waals surface area contributed by atoms with Gasteiger partial charge in [0.1, 0.15) is 0 Å². The van der Waals surface area contributed by atoms with Gasteiger partial charge in [-0.15, -0.1) is 0 Å². The van der Waals surface area contributed by atoms with Gasteiger partial charge in [-0.25, -0.2) is 12.9 Å². The largest absolute Gasteiger partial charge is 0.351 e. The van der Waals surface area contributed by atoms with Crippen LogP contribution in [0.5, 0.6) is 0 Å². The Morgan fingerprint density at radius 2 is 1.92 bits per heavy atom. The Bertz CT molecular complexity index is 1000. The van der Waals surface area contributed by atoms with E-state index in [2.05, 4.69) is 37.7 Å². The second-order valence-electron chi connectivity index (χ2n) is 5.30. The standard InChI is InChI=1S/C16H15IN4O3S/c17-13-3-1-12(2-4-13)16(22)18-8-10-25(23,24)20-14-6-9-21-15(11-14)5-7-19-21/h1-7,9,11,20H,8,10H2,(H,18,22). The molecule has 3 rings (SSSR count). The number of hydrogen-bond donors (Lipinski definition) is 2. The van der Waals surface area contributed by atoms with Crippen LogP contribution in [0.2, 0.25) is 0 Å². The maximum absolute atomic E-state index is 12.2. The van der Waals surface area contributed by atoms with E-state index in [-0.39, 0.29) is 18.2 Å². The number of rotatable bonds is 6. The van der Waals surface area contributed by atoms with Crippen LogP contribution in [0.25, 0.3) is 5.52 Å². The minimum absolute atomic E-state index is 0.0229. The number of amides is 1. The molecule has 0 radical (unpaired) electrons. The zero-order valence-corrected chi connectivity index (χ0v) is 16.0. The van der Waals surface area contributed by atoms with Gasteiger partial charge in [0.25, 0.3) is 5.91 Å². The lowest BCUT2D eigenvalue weighted by atomic mass is 10.2. The van der Waals surface area contributed by atoms with Gasteiger partial charge in [0.15, 0.2) is 0 Å². The highest BCUT2D eigenvalue weighted by atomic mass is 127. The number of fused-ring (bicyclic) bond motifs is 1. The minimum atomic E-state index is -3.57. The summed E-state index contributed by atoms with van der Waals surface area (Å²) in [5.74, 6) is -0.514. The van der Waals surface area contributed by atoms with Crippen LogP contribution in [-0.4, -0.2) is 36.2 Å². The number of benzene rings is 1. The van der Waals surface area contributed by atoms with Crippen molar-refractivity contribution in [1.82, 2.24) is 14.9 Å². The van der Waals surface area contributed by atoms with Crippen molar-refractivity contribution >= 4 is 49.7 Å². The summed E-state index contributed by atoms with van der Waals surface area (Å²) in [5.41, 5.74) is 1.74. The first-order chi connectivity index (χ1) is 11.9. The Morgan fingerprint density at radius 1 is 1.16 bits per heavy atom. The molecule has 0 aliphatic carbocycles. The number of hydrogen-bond acceptors (Lipinski definition) is 4. The summed E-state index contributed by atoms with van der Waals surface area (Å²) in [5, 5.41) is 6.66. The van der Waals surface area contributed by atoms with Crippen molar-refractivity contribution in [3.8, 4) is 0 Å². The summed E-state index contributed by atoms with van der Waals surface area (Å²) in [4.78, 5) is 12.0. The molecule has 1 amide bonds. The SMILES string of the molecule is O=C(NCCS(=O)(=O)Nc1ccn2nccc2c1)c1ccc(I)cc1. The van der Waals surface area contributed by atoms with E-state index in [0.717, 1.165) is 9.09 Å². The molecule has 0 unspecified atom stereocenters. The van der Waals surface area contributed by atoms with Crippen LogP contribution in [-0.2, 0) is 10.0 Å². The second-order valence-corrected chi connectivity index (χ2v) is 8.39. The summed E-state index contributed by atoms with van der Waals surface area (Å²) < 4.78 is 29.5. The molecule has 3 aromatic rings. The second kappa shape index (κ2) is 7.40. The van der Waals surface area contributed by atoms with Gasteiger partial charge >= 0.3 is 0 Å². The third kappa shape index (κ3) is 4.69. The van der Waals surface area contributed by atoms with Crippen molar-refractivity contribution in [3.63, 3.8) is 0 Å². The van der Waals surface area contributed by atoms with Gasteiger partial charge in [-0.2, -0.15) is 5.10 Å².